The molecule has 1 atom stereocenters. The highest BCUT2D eigenvalue weighted by Gasteiger charge is 2.19. The van der Waals surface area contributed by atoms with Crippen LogP contribution >= 0.6 is 0 Å². The Kier molecular flexibility index (Phi) is 3.68. The van der Waals surface area contributed by atoms with Crippen LogP contribution in [0.1, 0.15) is 30.0 Å². The number of aryl methyl sites for hydroxylation is 2. The lowest BCUT2D eigenvalue weighted by Gasteiger charge is -2.15. The normalized spacial score (nSPS) is 12.6. The van der Waals surface area contributed by atoms with Crippen LogP contribution in [0.2, 0.25) is 0 Å². The van der Waals surface area contributed by atoms with E-state index in [1.165, 1.54) is 0 Å². The number of nitrogens with zero attached hydrogens (tertiary/aromatic N) is 2. The van der Waals surface area contributed by atoms with Gasteiger partial charge >= 0.3 is 5.69 Å². The lowest BCUT2D eigenvalue weighted by molar-refractivity contribution is 0.393. The maximum atomic E-state index is 12.7. The Bertz CT molecular complexity index is 1130. The first-order valence-electron chi connectivity index (χ1n) is 8.49. The van der Waals surface area contributed by atoms with Crippen LogP contribution in [-0.4, -0.2) is 14.7 Å². The van der Waals surface area contributed by atoms with Crippen molar-refractivity contribution in [1.82, 2.24) is 14.7 Å². The number of benzene rings is 2. The van der Waals surface area contributed by atoms with Gasteiger partial charge in [-0.3, -0.25) is 4.57 Å². The summed E-state index contributed by atoms with van der Waals surface area (Å²) in [5.41, 5.74) is 11.6. The number of imidazole rings is 1. The van der Waals surface area contributed by atoms with Crippen molar-refractivity contribution >= 4 is 16.7 Å². The number of nitrogens with one attached hydrogen (secondary N) is 1. The Balaban J connectivity index is 1.98. The molecule has 0 aliphatic carbocycles. The van der Waals surface area contributed by atoms with Crippen LogP contribution in [0.4, 0.5) is 5.69 Å². The highest BCUT2D eigenvalue weighted by atomic mass is 16.5. The van der Waals surface area contributed by atoms with E-state index in [0.717, 1.165) is 33.7 Å². The quantitative estimate of drug-likeness (QED) is 0.551. The molecule has 4 aromatic rings. The number of hydrogen-bond acceptors (Lipinski definition) is 4. The minimum absolute atomic E-state index is 0.128. The number of aromatic amines is 1. The summed E-state index contributed by atoms with van der Waals surface area (Å²) >= 11 is 0. The highest BCUT2D eigenvalue weighted by molar-refractivity contribution is 5.92. The molecule has 2 aromatic heterocycles. The van der Waals surface area contributed by atoms with Crippen LogP contribution in [0.5, 0.6) is 0 Å². The second-order valence-corrected chi connectivity index (χ2v) is 6.55. The zero-order chi connectivity index (χ0) is 18.4. The van der Waals surface area contributed by atoms with E-state index in [9.17, 15) is 4.79 Å². The number of fused-ring (bicyclic) bond motifs is 1. The standard InChI is InChI=1S/C20H20N4O2/c1-11-18(13(3)26-23-11)15-9-16(21)19-17(10-15)24(20(25)22-19)12(2)14-7-5-4-6-8-14/h4-10,12H,21H2,1-3H3,(H,22,25)/t12-/m0/s1. The molecule has 0 aliphatic rings. The summed E-state index contributed by atoms with van der Waals surface area (Å²) in [5, 5.41) is 4.02. The van der Waals surface area contributed by atoms with Gasteiger partial charge < -0.3 is 15.2 Å². The van der Waals surface area contributed by atoms with Gasteiger partial charge in [0.1, 0.15) is 5.76 Å². The van der Waals surface area contributed by atoms with Gasteiger partial charge in [-0.2, -0.15) is 0 Å². The van der Waals surface area contributed by atoms with Crippen molar-refractivity contribution in [2.45, 2.75) is 26.8 Å². The molecule has 2 heterocycles. The third-order valence-corrected chi connectivity index (χ3v) is 4.85. The minimum atomic E-state index is -0.182. The van der Waals surface area contributed by atoms with Crippen molar-refractivity contribution in [3.8, 4) is 11.1 Å². The van der Waals surface area contributed by atoms with Gasteiger partial charge in [0.15, 0.2) is 0 Å². The predicted octanol–water partition coefficient (Wildman–Crippen LogP) is 3.79. The average Bonchev–Trinajstić information content (AvgIpc) is 3.14. The van der Waals surface area contributed by atoms with E-state index < -0.39 is 0 Å². The van der Waals surface area contributed by atoms with E-state index in [-0.39, 0.29) is 11.7 Å². The molecule has 6 heteroatoms. The number of nitrogen functional groups attached to an aromatic ring is 1. The fourth-order valence-electron chi connectivity index (χ4n) is 3.56. The summed E-state index contributed by atoms with van der Waals surface area (Å²) in [7, 11) is 0. The number of aromatic nitrogens is 3. The summed E-state index contributed by atoms with van der Waals surface area (Å²) in [6.07, 6.45) is 0. The molecule has 0 amide bonds. The highest BCUT2D eigenvalue weighted by Crippen LogP contribution is 2.33. The van der Waals surface area contributed by atoms with Crippen LogP contribution in [-0.2, 0) is 0 Å². The maximum absolute atomic E-state index is 12.7. The molecular formula is C20H20N4O2. The first kappa shape index (κ1) is 16.2. The topological polar surface area (TPSA) is 89.8 Å². The fourth-order valence-corrected chi connectivity index (χ4v) is 3.56. The zero-order valence-corrected chi connectivity index (χ0v) is 14.9. The Morgan fingerprint density at radius 3 is 2.58 bits per heavy atom. The molecule has 0 spiro atoms. The van der Waals surface area contributed by atoms with Crippen molar-refractivity contribution in [1.29, 1.82) is 0 Å². The van der Waals surface area contributed by atoms with E-state index in [4.69, 9.17) is 10.3 Å². The van der Waals surface area contributed by atoms with Crippen molar-refractivity contribution in [2.75, 3.05) is 5.73 Å². The monoisotopic (exact) mass is 348 g/mol. The molecule has 4 rings (SSSR count). The summed E-state index contributed by atoms with van der Waals surface area (Å²) < 4.78 is 7.03. The maximum Gasteiger partial charge on any atom is 0.327 e. The van der Waals surface area contributed by atoms with E-state index >= 15 is 0 Å². The van der Waals surface area contributed by atoms with Crippen molar-refractivity contribution in [3.05, 3.63) is 70.0 Å². The van der Waals surface area contributed by atoms with Crippen LogP contribution in [0.3, 0.4) is 0 Å². The molecule has 6 nitrogen and oxygen atoms in total. The van der Waals surface area contributed by atoms with Gasteiger partial charge in [0.25, 0.3) is 0 Å². The second kappa shape index (κ2) is 5.91. The lowest BCUT2D eigenvalue weighted by atomic mass is 10.0. The van der Waals surface area contributed by atoms with Gasteiger partial charge in [0, 0.05) is 5.56 Å². The lowest BCUT2D eigenvalue weighted by Crippen LogP contribution is -2.21. The molecule has 2 aromatic carbocycles. The van der Waals surface area contributed by atoms with Crippen LogP contribution < -0.4 is 11.4 Å². The number of nitrogens with two attached hydrogens (primary N) is 1. The fraction of sp³-hybridized carbons (Fsp3) is 0.200. The average molecular weight is 348 g/mol. The summed E-state index contributed by atoms with van der Waals surface area (Å²) in [5.74, 6) is 0.724. The summed E-state index contributed by atoms with van der Waals surface area (Å²) in [4.78, 5) is 15.5. The van der Waals surface area contributed by atoms with Crippen LogP contribution in [0.25, 0.3) is 22.2 Å². The minimum Gasteiger partial charge on any atom is -0.397 e. The van der Waals surface area contributed by atoms with E-state index in [1.807, 2.05) is 63.2 Å². The first-order valence-corrected chi connectivity index (χ1v) is 8.49. The van der Waals surface area contributed by atoms with E-state index in [0.29, 0.717) is 11.2 Å². The molecule has 0 unspecified atom stereocenters. The SMILES string of the molecule is Cc1noc(C)c1-c1cc(N)c2[nH]c(=O)n([C@@H](C)c3ccccc3)c2c1. The number of hydrogen-bond donors (Lipinski definition) is 2. The predicted molar refractivity (Wildman–Crippen MR) is 102 cm³/mol. The zero-order valence-electron chi connectivity index (χ0n) is 14.9. The van der Waals surface area contributed by atoms with Crippen molar-refractivity contribution in [3.63, 3.8) is 0 Å². The van der Waals surface area contributed by atoms with Gasteiger partial charge in [-0.05, 0) is 44.0 Å². The van der Waals surface area contributed by atoms with Crippen molar-refractivity contribution in [2.24, 2.45) is 0 Å². The van der Waals surface area contributed by atoms with Crippen LogP contribution in [0.15, 0.2) is 51.8 Å². The number of rotatable bonds is 3. The third-order valence-electron chi connectivity index (χ3n) is 4.85. The van der Waals surface area contributed by atoms with Crippen molar-refractivity contribution < 1.29 is 4.52 Å². The number of anilines is 1. The molecule has 0 aliphatic heterocycles. The van der Waals surface area contributed by atoms with E-state index in [1.54, 1.807) is 4.57 Å². The molecule has 0 saturated heterocycles. The molecule has 0 saturated carbocycles. The Hall–Kier alpha value is -3.28. The van der Waals surface area contributed by atoms with Gasteiger partial charge in [-0.15, -0.1) is 0 Å². The van der Waals surface area contributed by atoms with Gasteiger partial charge in [0.2, 0.25) is 0 Å². The van der Waals surface area contributed by atoms with Crippen LogP contribution in [0, 0.1) is 13.8 Å². The Morgan fingerprint density at radius 2 is 1.92 bits per heavy atom. The first-order chi connectivity index (χ1) is 12.5. The van der Waals surface area contributed by atoms with Gasteiger partial charge in [-0.25, -0.2) is 4.79 Å². The van der Waals surface area contributed by atoms with E-state index in [2.05, 4.69) is 10.1 Å². The Morgan fingerprint density at radius 1 is 1.19 bits per heavy atom. The molecule has 0 radical (unpaired) electrons. The largest absolute Gasteiger partial charge is 0.397 e. The third kappa shape index (κ3) is 2.42. The van der Waals surface area contributed by atoms with Gasteiger partial charge in [0.05, 0.1) is 28.5 Å². The molecule has 132 valence electrons. The summed E-state index contributed by atoms with van der Waals surface area (Å²) in [6, 6.07) is 13.6. The molecule has 0 fully saturated rings. The molecular weight excluding hydrogens is 328 g/mol. The number of H-pyrrole nitrogens is 1. The molecule has 0 bridgehead atoms. The second-order valence-electron chi connectivity index (χ2n) is 6.55. The Labute approximate surface area is 150 Å². The molecule has 3 N–H and O–H groups in total. The summed E-state index contributed by atoms with van der Waals surface area (Å²) in [6.45, 7) is 5.76. The molecule has 26 heavy (non-hydrogen) atoms. The van der Waals surface area contributed by atoms with Gasteiger partial charge in [-0.1, -0.05) is 35.5 Å². The smallest absolute Gasteiger partial charge is 0.327 e.